The second-order valence-electron chi connectivity index (χ2n) is 50.2. The van der Waals surface area contributed by atoms with Gasteiger partial charge >= 0.3 is 0 Å². The van der Waals surface area contributed by atoms with Crippen LogP contribution in [-0.2, 0) is 0 Å². The van der Waals surface area contributed by atoms with Crippen LogP contribution in [0, 0.1) is 187 Å². The van der Waals surface area contributed by atoms with Crippen molar-refractivity contribution in [2.75, 3.05) is 0 Å². The van der Waals surface area contributed by atoms with Gasteiger partial charge in [0.15, 0.2) is 6.71 Å². The van der Waals surface area contributed by atoms with E-state index in [0.29, 0.717) is 27.1 Å². The first-order chi connectivity index (χ1) is 49.2. The summed E-state index contributed by atoms with van der Waals surface area (Å²) in [4.78, 5) is 7.54. The molecule has 0 aromatic carbocycles. The molecule has 26 atom stereocenters. The number of fused-ring (bicyclic) bond motifs is 4. The van der Waals surface area contributed by atoms with Gasteiger partial charge in [0, 0.05) is 36.3 Å². The first-order valence-electron chi connectivity index (χ1n) is 48.7. The summed E-state index contributed by atoms with van der Waals surface area (Å²) in [5, 5.41) is 0. The van der Waals surface area contributed by atoms with Gasteiger partial charge in [-0.05, 0) is 410 Å². The molecule has 2 aliphatic heterocycles. The third kappa shape index (κ3) is 13.8. The molecular formula is C100H169BN2. The van der Waals surface area contributed by atoms with Crippen molar-refractivity contribution >= 4 is 6.71 Å². The Morgan fingerprint density at radius 3 is 0.874 bits per heavy atom. The van der Waals surface area contributed by atoms with Crippen molar-refractivity contribution < 1.29 is 0 Å². The van der Waals surface area contributed by atoms with Crippen LogP contribution < -0.4 is 0 Å². The van der Waals surface area contributed by atoms with Crippen LogP contribution in [0.15, 0.2) is 0 Å². The van der Waals surface area contributed by atoms with E-state index < -0.39 is 0 Å². The predicted octanol–water partition coefficient (Wildman–Crippen LogP) is 27.7. The summed E-state index contributed by atoms with van der Waals surface area (Å²) in [5.74, 6) is 29.9. The van der Waals surface area contributed by atoms with Gasteiger partial charge in [-0.25, -0.2) is 0 Å². The molecule has 2 nitrogen and oxygen atoms in total. The summed E-state index contributed by atoms with van der Waals surface area (Å²) < 4.78 is 0. The highest BCUT2D eigenvalue weighted by molar-refractivity contribution is 6.65. The van der Waals surface area contributed by atoms with Crippen LogP contribution >= 0.6 is 0 Å². The fourth-order valence-corrected chi connectivity index (χ4v) is 36.4. The molecule has 582 valence electrons. The summed E-state index contributed by atoms with van der Waals surface area (Å²) in [6.07, 6.45) is 69.5. The van der Waals surface area contributed by atoms with Crippen LogP contribution in [0.25, 0.3) is 0 Å². The van der Waals surface area contributed by atoms with Gasteiger partial charge in [0.25, 0.3) is 0 Å². The highest BCUT2D eigenvalue weighted by Gasteiger charge is 2.69. The molecule has 0 aromatic heterocycles. The van der Waals surface area contributed by atoms with E-state index in [0.717, 1.165) is 220 Å². The Balaban J connectivity index is 0.757. The highest BCUT2D eigenvalue weighted by atomic mass is 15.3. The fourth-order valence-electron chi connectivity index (χ4n) is 36.4. The maximum absolute atomic E-state index is 3.77. The highest BCUT2D eigenvalue weighted by Crippen LogP contribution is 2.73. The molecule has 103 heavy (non-hydrogen) atoms. The lowest BCUT2D eigenvalue weighted by Gasteiger charge is -2.71. The maximum atomic E-state index is 3.77. The van der Waals surface area contributed by atoms with Crippen molar-refractivity contribution in [1.82, 2.24) is 9.80 Å². The molecular weight excluding hydrogens is 1240 g/mol. The third-order valence-corrected chi connectivity index (χ3v) is 41.3. The van der Waals surface area contributed by atoms with Crippen LogP contribution in [0.3, 0.4) is 0 Å². The normalized spacial score (nSPS) is 51.1. The quantitative estimate of drug-likeness (QED) is 0.234. The van der Waals surface area contributed by atoms with Crippen LogP contribution in [-0.4, -0.2) is 52.8 Å². The molecule has 0 bridgehead atoms. The minimum atomic E-state index is 0.435. The molecule has 0 N–H and O–H groups in total. The largest absolute Gasteiger partial charge is 0.295 e. The van der Waals surface area contributed by atoms with E-state index in [1.54, 1.807) is 231 Å². The lowest BCUT2D eigenvalue weighted by Crippen LogP contribution is -2.75. The van der Waals surface area contributed by atoms with Crippen molar-refractivity contribution in [1.29, 1.82) is 0 Å². The number of nitrogens with zero attached hydrogens (tertiary/aromatic N) is 2. The van der Waals surface area contributed by atoms with E-state index in [-0.39, 0.29) is 0 Å². The smallest absolute Gasteiger partial charge is 0.156 e. The van der Waals surface area contributed by atoms with Gasteiger partial charge in [-0.2, -0.15) is 0 Å². The zero-order valence-electron chi connectivity index (χ0n) is 70.9. The standard InChI is InChI=1S/C100H169BN2/c1-96(2,3)74-38-30-64(31-39-74)71-56-89-95-90(57-71)103(80-42-34-63(35-43-80)61-24-20-17-21-25-61)88-45-37-66(82-53-73-51-76(98(7,8)9)47-68-27-29-70-49-78(100(13,14)15)59-84(82)94(70)92(68)73)55-86(88)101(95)85-54-65(36-44-87(85)102(89)79-40-32-62(33-41-79)60-22-18-16-19-23-60)81-52-72-50-75(97(4,5)6)46-67-26-28-69-48-77(99(10,11)12)58-83(81)93(69)91(67)72/h60-95H,16-59H2,1-15H3. The Morgan fingerprint density at radius 2 is 0.505 bits per heavy atom. The van der Waals surface area contributed by atoms with Gasteiger partial charge in [0.05, 0.1) is 0 Å². The summed E-state index contributed by atoms with van der Waals surface area (Å²) in [5.41, 5.74) is 2.22. The first kappa shape index (κ1) is 74.4. The zero-order valence-corrected chi connectivity index (χ0v) is 70.9. The van der Waals surface area contributed by atoms with E-state index >= 15 is 0 Å². The van der Waals surface area contributed by atoms with Crippen LogP contribution in [0.2, 0.25) is 17.5 Å². The number of hydrogen-bond acceptors (Lipinski definition) is 2. The van der Waals surface area contributed by atoms with Gasteiger partial charge in [-0.3, -0.25) is 9.80 Å². The summed E-state index contributed by atoms with van der Waals surface area (Å²) in [7, 11) is 0. The molecule has 2 heterocycles. The molecule has 0 spiro atoms. The van der Waals surface area contributed by atoms with E-state index in [9.17, 15) is 0 Å². The summed E-state index contributed by atoms with van der Waals surface area (Å²) >= 11 is 0. The van der Waals surface area contributed by atoms with Gasteiger partial charge in [-0.15, -0.1) is 0 Å². The van der Waals surface area contributed by atoms with E-state index in [1.165, 1.54) is 51.4 Å². The number of hydrogen-bond donors (Lipinski definition) is 0. The van der Waals surface area contributed by atoms with Gasteiger partial charge in [-0.1, -0.05) is 181 Å². The molecule has 18 aliphatic rings. The molecule has 26 unspecified atom stereocenters. The minimum Gasteiger partial charge on any atom is -0.295 e. The Bertz CT molecular complexity index is 2660. The maximum Gasteiger partial charge on any atom is 0.156 e. The third-order valence-electron chi connectivity index (χ3n) is 41.3. The average molecular weight is 1410 g/mol. The topological polar surface area (TPSA) is 6.48 Å². The monoisotopic (exact) mass is 1410 g/mol. The van der Waals surface area contributed by atoms with Gasteiger partial charge in [0.1, 0.15) is 0 Å². The van der Waals surface area contributed by atoms with Crippen LogP contribution in [0.1, 0.15) is 386 Å². The van der Waals surface area contributed by atoms with Gasteiger partial charge in [0.2, 0.25) is 0 Å². The zero-order chi connectivity index (χ0) is 71.1. The Morgan fingerprint density at radius 1 is 0.204 bits per heavy atom. The molecule has 0 radical (unpaired) electrons. The minimum absolute atomic E-state index is 0.435. The van der Waals surface area contributed by atoms with E-state index in [2.05, 4.69) is 114 Å². The van der Waals surface area contributed by atoms with Crippen molar-refractivity contribution in [3.05, 3.63) is 0 Å². The molecule has 18 rings (SSSR count). The lowest BCUT2D eigenvalue weighted by molar-refractivity contribution is -0.155. The first-order valence-corrected chi connectivity index (χ1v) is 48.7. The van der Waals surface area contributed by atoms with Crippen molar-refractivity contribution in [2.24, 2.45) is 187 Å². The molecule has 16 aliphatic carbocycles. The van der Waals surface area contributed by atoms with Crippen molar-refractivity contribution in [2.45, 2.75) is 440 Å². The number of rotatable bonds is 7. The fraction of sp³-hybridized carbons (Fsp3) is 1.00. The van der Waals surface area contributed by atoms with Crippen molar-refractivity contribution in [3.63, 3.8) is 0 Å². The SMILES string of the molecule is CC(C)(C)C1CCC(C2CC3C4B(C5CC(C6CC7CC(C(C)(C)C)CC8CCC9CC(C(C)(C)C)CC6C9C87)CCC5N3C3CCC(C5CCCCC5)CC3)C3CC(C5CC6CC(C(C)(C)C)CC7CCC8CC(C(C)(C)C)CC5C8C76)CCC3N(C3CCC(C5CCCCC5)CC3)C4C2)CC1. The van der Waals surface area contributed by atoms with E-state index in [4.69, 9.17) is 0 Å². The second kappa shape index (κ2) is 28.5. The summed E-state index contributed by atoms with van der Waals surface area (Å²) in [6.45, 7) is 41.3. The van der Waals surface area contributed by atoms with Gasteiger partial charge < -0.3 is 0 Å². The Kier molecular flexibility index (Phi) is 20.6. The van der Waals surface area contributed by atoms with E-state index in [1.807, 2.05) is 0 Å². The van der Waals surface area contributed by atoms with Crippen LogP contribution in [0.5, 0.6) is 0 Å². The second-order valence-corrected chi connectivity index (χ2v) is 50.2. The molecule has 2 saturated heterocycles. The molecule has 0 amide bonds. The molecule has 16 saturated carbocycles. The predicted molar refractivity (Wildman–Crippen MR) is 438 cm³/mol. The van der Waals surface area contributed by atoms with Crippen molar-refractivity contribution in [3.8, 4) is 0 Å². The molecule has 0 aromatic rings. The van der Waals surface area contributed by atoms with Crippen LogP contribution in [0.4, 0.5) is 0 Å². The lowest BCUT2D eigenvalue weighted by atomic mass is 9.17. The summed E-state index contributed by atoms with van der Waals surface area (Å²) in [6, 6.07) is 5.14. The Labute approximate surface area is 639 Å². The average Bonchev–Trinajstić information content (AvgIpc) is 0.695. The Hall–Kier alpha value is -0.0151. The molecule has 18 fully saturated rings. The molecule has 3 heteroatoms.